The van der Waals surface area contributed by atoms with E-state index in [1.165, 1.54) is 27.6 Å². The van der Waals surface area contributed by atoms with E-state index in [1.807, 2.05) is 0 Å². The first-order valence-electron chi connectivity index (χ1n) is 7.10. The fraction of sp³-hybridized carbons (Fsp3) is 0.222. The van der Waals surface area contributed by atoms with E-state index in [1.54, 1.807) is 0 Å². The second-order valence-electron chi connectivity index (χ2n) is 5.32. The normalized spacial score (nSPS) is 11.1. The Kier molecular flexibility index (Phi) is 3.57. The fourth-order valence-corrected chi connectivity index (χ4v) is 2.81. The molecule has 0 aliphatic rings. The summed E-state index contributed by atoms with van der Waals surface area (Å²) in [7, 11) is 0. The van der Waals surface area contributed by atoms with Gasteiger partial charge in [-0.3, -0.25) is 0 Å². The van der Waals surface area contributed by atoms with Gasteiger partial charge in [-0.25, -0.2) is 0 Å². The first-order chi connectivity index (χ1) is 9.78. The molecule has 0 amide bonds. The van der Waals surface area contributed by atoms with Crippen molar-refractivity contribution in [3.8, 4) is 0 Å². The van der Waals surface area contributed by atoms with Crippen molar-refractivity contribution in [3.63, 3.8) is 0 Å². The molecule has 0 fully saturated rings. The van der Waals surface area contributed by atoms with Gasteiger partial charge < -0.3 is 10.3 Å². The Morgan fingerprint density at radius 3 is 2.70 bits per heavy atom. The molecule has 0 saturated carbocycles. The second-order valence-corrected chi connectivity index (χ2v) is 5.32. The Morgan fingerprint density at radius 1 is 1.05 bits per heavy atom. The molecule has 2 aromatic carbocycles. The Balaban J connectivity index is 1.98. The Bertz CT molecular complexity index is 725. The highest BCUT2D eigenvalue weighted by Gasteiger charge is 2.05. The zero-order chi connectivity index (χ0) is 13.9. The van der Waals surface area contributed by atoms with Crippen LogP contribution in [0, 0.1) is 6.92 Å². The number of aryl methyl sites for hydroxylation is 1. The van der Waals surface area contributed by atoms with Crippen LogP contribution in [0.5, 0.6) is 0 Å². The third-order valence-corrected chi connectivity index (χ3v) is 3.75. The van der Waals surface area contributed by atoms with Gasteiger partial charge in [-0.2, -0.15) is 0 Å². The third-order valence-electron chi connectivity index (χ3n) is 3.75. The van der Waals surface area contributed by atoms with E-state index >= 15 is 0 Å². The van der Waals surface area contributed by atoms with Crippen LogP contribution in [0.25, 0.3) is 10.9 Å². The highest BCUT2D eigenvalue weighted by molar-refractivity contribution is 5.83. The monoisotopic (exact) mass is 264 g/mol. The Labute approximate surface area is 119 Å². The number of rotatable bonds is 4. The number of aromatic nitrogens is 1. The smallest absolute Gasteiger partial charge is 0.0486 e. The van der Waals surface area contributed by atoms with Crippen molar-refractivity contribution in [1.29, 1.82) is 0 Å². The number of nitrogens with zero attached hydrogens (tertiary/aromatic N) is 1. The van der Waals surface area contributed by atoms with Gasteiger partial charge in [0.2, 0.25) is 0 Å². The predicted molar refractivity (Wildman–Crippen MR) is 85.0 cm³/mol. The van der Waals surface area contributed by atoms with Gasteiger partial charge in [0.1, 0.15) is 0 Å². The molecule has 0 radical (unpaired) electrons. The number of fused-ring (bicyclic) bond motifs is 1. The maximum absolute atomic E-state index is 5.69. The fourth-order valence-electron chi connectivity index (χ4n) is 2.81. The molecule has 2 nitrogen and oxygen atoms in total. The SMILES string of the molecule is Cc1cccc(Cn2ccc3c(CCN)cccc32)c1. The lowest BCUT2D eigenvalue weighted by molar-refractivity contribution is 0.835. The molecular weight excluding hydrogens is 244 g/mol. The molecule has 1 aromatic heterocycles. The van der Waals surface area contributed by atoms with Crippen molar-refractivity contribution in [2.75, 3.05) is 6.54 Å². The van der Waals surface area contributed by atoms with E-state index in [-0.39, 0.29) is 0 Å². The van der Waals surface area contributed by atoms with E-state index in [0.29, 0.717) is 6.54 Å². The van der Waals surface area contributed by atoms with Gasteiger partial charge in [-0.1, -0.05) is 42.0 Å². The first kappa shape index (κ1) is 12.9. The number of hydrogen-bond donors (Lipinski definition) is 1. The second kappa shape index (κ2) is 5.51. The van der Waals surface area contributed by atoms with Gasteiger partial charge in [0, 0.05) is 23.6 Å². The third kappa shape index (κ3) is 2.47. The van der Waals surface area contributed by atoms with Gasteiger partial charge in [0.15, 0.2) is 0 Å². The lowest BCUT2D eigenvalue weighted by Gasteiger charge is -2.08. The summed E-state index contributed by atoms with van der Waals surface area (Å²) in [6.45, 7) is 3.75. The molecular formula is C18H20N2. The van der Waals surface area contributed by atoms with E-state index in [9.17, 15) is 0 Å². The van der Waals surface area contributed by atoms with Crippen molar-refractivity contribution in [2.45, 2.75) is 19.9 Å². The standard InChI is InChI=1S/C18H20N2/c1-14-4-2-5-15(12-14)13-20-11-9-17-16(8-10-19)6-3-7-18(17)20/h2-7,9,11-12H,8,10,13,19H2,1H3. The van der Waals surface area contributed by atoms with Gasteiger partial charge in [-0.05, 0) is 43.1 Å². The quantitative estimate of drug-likeness (QED) is 0.768. The molecule has 0 bridgehead atoms. The number of hydrogen-bond acceptors (Lipinski definition) is 1. The zero-order valence-electron chi connectivity index (χ0n) is 11.8. The molecule has 3 rings (SSSR count). The minimum atomic E-state index is 0.697. The number of benzene rings is 2. The minimum Gasteiger partial charge on any atom is -0.343 e. The first-order valence-corrected chi connectivity index (χ1v) is 7.10. The summed E-state index contributed by atoms with van der Waals surface area (Å²) in [5.41, 5.74) is 11.0. The zero-order valence-corrected chi connectivity index (χ0v) is 11.8. The van der Waals surface area contributed by atoms with Crippen LogP contribution in [0.15, 0.2) is 54.7 Å². The van der Waals surface area contributed by atoms with E-state index in [4.69, 9.17) is 5.73 Å². The molecule has 102 valence electrons. The maximum atomic E-state index is 5.69. The molecule has 2 heteroatoms. The lowest BCUT2D eigenvalue weighted by Crippen LogP contribution is -2.03. The van der Waals surface area contributed by atoms with Crippen LogP contribution >= 0.6 is 0 Å². The summed E-state index contributed by atoms with van der Waals surface area (Å²) in [6, 6.07) is 17.4. The minimum absolute atomic E-state index is 0.697. The van der Waals surface area contributed by atoms with E-state index in [2.05, 4.69) is 66.2 Å². The van der Waals surface area contributed by atoms with Crippen molar-refractivity contribution in [1.82, 2.24) is 4.57 Å². The summed E-state index contributed by atoms with van der Waals surface area (Å²) in [5.74, 6) is 0. The molecule has 0 saturated heterocycles. The van der Waals surface area contributed by atoms with Crippen LogP contribution in [0.3, 0.4) is 0 Å². The Hall–Kier alpha value is -2.06. The van der Waals surface area contributed by atoms with Crippen LogP contribution in [-0.2, 0) is 13.0 Å². The van der Waals surface area contributed by atoms with Crippen molar-refractivity contribution in [2.24, 2.45) is 5.73 Å². The topological polar surface area (TPSA) is 30.9 Å². The molecule has 0 atom stereocenters. The van der Waals surface area contributed by atoms with Crippen molar-refractivity contribution < 1.29 is 0 Å². The molecule has 0 aliphatic heterocycles. The Morgan fingerprint density at radius 2 is 1.90 bits per heavy atom. The molecule has 0 unspecified atom stereocenters. The summed E-state index contributed by atoms with van der Waals surface area (Å²) in [4.78, 5) is 0. The predicted octanol–water partition coefficient (Wildman–Crippen LogP) is 3.50. The average molecular weight is 264 g/mol. The van der Waals surface area contributed by atoms with Gasteiger partial charge in [0.05, 0.1) is 0 Å². The van der Waals surface area contributed by atoms with Gasteiger partial charge in [-0.15, -0.1) is 0 Å². The summed E-state index contributed by atoms with van der Waals surface area (Å²) in [6.07, 6.45) is 3.11. The van der Waals surface area contributed by atoms with Crippen LogP contribution in [0.4, 0.5) is 0 Å². The highest BCUT2D eigenvalue weighted by Crippen LogP contribution is 2.21. The van der Waals surface area contributed by atoms with E-state index < -0.39 is 0 Å². The van der Waals surface area contributed by atoms with Crippen molar-refractivity contribution in [3.05, 3.63) is 71.4 Å². The summed E-state index contributed by atoms with van der Waals surface area (Å²) >= 11 is 0. The summed E-state index contributed by atoms with van der Waals surface area (Å²) < 4.78 is 2.31. The van der Waals surface area contributed by atoms with Gasteiger partial charge >= 0.3 is 0 Å². The van der Waals surface area contributed by atoms with Crippen LogP contribution in [0.2, 0.25) is 0 Å². The van der Waals surface area contributed by atoms with Crippen LogP contribution in [0.1, 0.15) is 16.7 Å². The molecule has 20 heavy (non-hydrogen) atoms. The molecule has 3 aromatic rings. The molecule has 1 heterocycles. The largest absolute Gasteiger partial charge is 0.343 e. The van der Waals surface area contributed by atoms with Crippen LogP contribution in [-0.4, -0.2) is 11.1 Å². The molecule has 0 aliphatic carbocycles. The van der Waals surface area contributed by atoms with Gasteiger partial charge in [0.25, 0.3) is 0 Å². The lowest BCUT2D eigenvalue weighted by atomic mass is 10.1. The summed E-state index contributed by atoms with van der Waals surface area (Å²) in [5, 5.41) is 1.32. The molecule has 0 spiro atoms. The maximum Gasteiger partial charge on any atom is 0.0486 e. The number of nitrogens with two attached hydrogens (primary N) is 1. The molecule has 2 N–H and O–H groups in total. The van der Waals surface area contributed by atoms with Crippen LogP contribution < -0.4 is 5.73 Å². The highest BCUT2D eigenvalue weighted by atomic mass is 14.9. The van der Waals surface area contributed by atoms with Crippen molar-refractivity contribution >= 4 is 10.9 Å². The average Bonchev–Trinajstić information content (AvgIpc) is 2.84. The van der Waals surface area contributed by atoms with E-state index in [0.717, 1.165) is 13.0 Å².